The van der Waals surface area contributed by atoms with Gasteiger partial charge in [0.15, 0.2) is 0 Å². The molecule has 2 aromatic rings. The number of H-pyrrole nitrogens is 1. The molecule has 0 atom stereocenters. The molecular weight excluding hydrogens is 202 g/mol. The summed E-state index contributed by atoms with van der Waals surface area (Å²) in [7, 11) is 1.78. The number of hydrogen-bond acceptors (Lipinski definition) is 3. The van der Waals surface area contributed by atoms with Crippen LogP contribution in [-0.4, -0.2) is 29.3 Å². The monoisotopic (exact) mass is 217 g/mol. The summed E-state index contributed by atoms with van der Waals surface area (Å²) in [6.07, 6.45) is 1.20. The lowest BCUT2D eigenvalue weighted by atomic mass is 10.2. The molecule has 2 rings (SSSR count). The van der Waals surface area contributed by atoms with Crippen molar-refractivity contribution in [3.63, 3.8) is 0 Å². The van der Waals surface area contributed by atoms with Crippen molar-refractivity contribution in [3.8, 4) is 0 Å². The number of nitrogens with one attached hydrogen (secondary N) is 2. The Morgan fingerprint density at radius 2 is 2.25 bits per heavy atom. The Bertz CT molecular complexity index is 457. The van der Waals surface area contributed by atoms with Crippen LogP contribution in [0.1, 0.15) is 12.2 Å². The molecule has 16 heavy (non-hydrogen) atoms. The molecule has 0 saturated heterocycles. The number of hydrogen-bond donors (Lipinski definition) is 2. The second-order valence-electron chi connectivity index (χ2n) is 3.77. The summed E-state index contributed by atoms with van der Waals surface area (Å²) in [6.45, 7) is 0.431. The van der Waals surface area contributed by atoms with Crippen molar-refractivity contribution in [3.05, 3.63) is 30.1 Å². The zero-order valence-electron chi connectivity index (χ0n) is 9.29. The van der Waals surface area contributed by atoms with Crippen LogP contribution in [0.4, 0.5) is 0 Å². The van der Waals surface area contributed by atoms with Crippen LogP contribution >= 0.6 is 0 Å². The molecule has 0 amide bonds. The molecule has 0 aliphatic heterocycles. The van der Waals surface area contributed by atoms with Crippen LogP contribution in [0.5, 0.6) is 0 Å². The number of rotatable bonds is 5. The second kappa shape index (κ2) is 4.90. The van der Waals surface area contributed by atoms with E-state index >= 15 is 0 Å². The van der Waals surface area contributed by atoms with Crippen molar-refractivity contribution in [1.29, 1.82) is 0 Å². The van der Waals surface area contributed by atoms with Crippen LogP contribution in [0.15, 0.2) is 24.3 Å². The van der Waals surface area contributed by atoms with Gasteiger partial charge in [0.25, 0.3) is 0 Å². The van der Waals surface area contributed by atoms with Gasteiger partial charge in [-0.2, -0.15) is 0 Å². The number of aryl methyl sites for hydroxylation is 1. The molecule has 0 spiro atoms. The molecule has 4 heteroatoms. The van der Waals surface area contributed by atoms with E-state index in [0.29, 0.717) is 19.4 Å². The van der Waals surface area contributed by atoms with E-state index in [-0.39, 0.29) is 5.78 Å². The number of aromatic nitrogens is 2. The maximum absolute atomic E-state index is 11.3. The summed E-state index contributed by atoms with van der Waals surface area (Å²) < 4.78 is 0. The highest BCUT2D eigenvalue weighted by molar-refractivity contribution is 5.80. The van der Waals surface area contributed by atoms with E-state index in [4.69, 9.17) is 0 Å². The minimum atomic E-state index is 0.211. The fourth-order valence-electron chi connectivity index (χ4n) is 1.67. The largest absolute Gasteiger partial charge is 0.342 e. The van der Waals surface area contributed by atoms with Gasteiger partial charge in [0.05, 0.1) is 17.6 Å². The Labute approximate surface area is 94.1 Å². The van der Waals surface area contributed by atoms with Crippen LogP contribution in [0.2, 0.25) is 0 Å². The smallest absolute Gasteiger partial charge is 0.147 e. The van der Waals surface area contributed by atoms with Crippen molar-refractivity contribution in [2.75, 3.05) is 13.6 Å². The average molecular weight is 217 g/mol. The lowest BCUT2D eigenvalue weighted by molar-refractivity contribution is -0.118. The molecule has 0 bridgehead atoms. The number of ketones is 1. The van der Waals surface area contributed by atoms with E-state index in [9.17, 15) is 4.79 Å². The molecule has 2 N–H and O–H groups in total. The average Bonchev–Trinajstić information content (AvgIpc) is 2.69. The van der Waals surface area contributed by atoms with Crippen LogP contribution in [0, 0.1) is 0 Å². The Balaban J connectivity index is 2.02. The predicted octanol–water partition coefficient (Wildman–Crippen LogP) is 1.28. The Morgan fingerprint density at radius 3 is 3.00 bits per heavy atom. The number of carbonyl (C=O) groups is 1. The Morgan fingerprint density at radius 1 is 1.44 bits per heavy atom. The van der Waals surface area contributed by atoms with Gasteiger partial charge in [-0.1, -0.05) is 12.1 Å². The van der Waals surface area contributed by atoms with Gasteiger partial charge in [0, 0.05) is 12.8 Å². The summed E-state index contributed by atoms with van der Waals surface area (Å²) >= 11 is 0. The standard InChI is InChI=1S/C12H15N3O/c1-13-8-9(16)6-7-12-14-10-4-2-3-5-11(10)15-12/h2-5,13H,6-8H2,1H3,(H,14,15). The minimum absolute atomic E-state index is 0.211. The van der Waals surface area contributed by atoms with Crippen LogP contribution in [0.25, 0.3) is 11.0 Å². The topological polar surface area (TPSA) is 57.8 Å². The van der Waals surface area contributed by atoms with Crippen molar-refractivity contribution in [2.24, 2.45) is 0 Å². The molecule has 1 heterocycles. The van der Waals surface area contributed by atoms with Gasteiger partial charge in [-0.05, 0) is 19.2 Å². The summed E-state index contributed by atoms with van der Waals surface area (Å²) in [5.41, 5.74) is 1.98. The minimum Gasteiger partial charge on any atom is -0.342 e. The number of imidazole rings is 1. The van der Waals surface area contributed by atoms with Crippen molar-refractivity contribution >= 4 is 16.8 Å². The second-order valence-corrected chi connectivity index (χ2v) is 3.77. The fourth-order valence-corrected chi connectivity index (χ4v) is 1.67. The molecule has 1 aromatic carbocycles. The zero-order chi connectivity index (χ0) is 11.4. The number of fused-ring (bicyclic) bond motifs is 1. The van der Waals surface area contributed by atoms with Gasteiger partial charge in [0.1, 0.15) is 11.6 Å². The molecule has 0 aliphatic rings. The van der Waals surface area contributed by atoms with E-state index in [1.54, 1.807) is 7.05 Å². The maximum Gasteiger partial charge on any atom is 0.147 e. The molecule has 0 fully saturated rings. The van der Waals surface area contributed by atoms with Crippen molar-refractivity contribution in [1.82, 2.24) is 15.3 Å². The van der Waals surface area contributed by atoms with Gasteiger partial charge in [-0.15, -0.1) is 0 Å². The number of benzene rings is 1. The van der Waals surface area contributed by atoms with E-state index in [1.165, 1.54) is 0 Å². The maximum atomic E-state index is 11.3. The normalized spacial score (nSPS) is 10.8. The first kappa shape index (κ1) is 10.8. The van der Waals surface area contributed by atoms with Gasteiger partial charge in [-0.25, -0.2) is 4.98 Å². The molecule has 0 radical (unpaired) electrons. The highest BCUT2D eigenvalue weighted by atomic mass is 16.1. The Kier molecular flexibility index (Phi) is 3.31. The lowest BCUT2D eigenvalue weighted by Crippen LogP contribution is -2.18. The highest BCUT2D eigenvalue weighted by Crippen LogP contribution is 2.11. The summed E-state index contributed by atoms with van der Waals surface area (Å²) in [5.74, 6) is 1.09. The number of nitrogens with zero attached hydrogens (tertiary/aromatic N) is 1. The number of para-hydroxylation sites is 2. The molecular formula is C12H15N3O. The van der Waals surface area contributed by atoms with E-state index in [2.05, 4.69) is 15.3 Å². The summed E-state index contributed by atoms with van der Waals surface area (Å²) in [4.78, 5) is 19.0. The van der Waals surface area contributed by atoms with Crippen LogP contribution in [0.3, 0.4) is 0 Å². The van der Waals surface area contributed by atoms with Crippen LogP contribution < -0.4 is 5.32 Å². The molecule has 84 valence electrons. The molecule has 0 aliphatic carbocycles. The van der Waals surface area contributed by atoms with E-state index in [0.717, 1.165) is 16.9 Å². The third-order valence-electron chi connectivity index (χ3n) is 2.45. The number of likely N-dealkylation sites (N-methyl/N-ethyl adjacent to an activating group) is 1. The van der Waals surface area contributed by atoms with Gasteiger partial charge < -0.3 is 10.3 Å². The number of carbonyl (C=O) groups excluding carboxylic acids is 1. The number of Topliss-reactive ketones (excluding diaryl/α,β-unsaturated/α-hetero) is 1. The Hall–Kier alpha value is -1.68. The van der Waals surface area contributed by atoms with Crippen molar-refractivity contribution in [2.45, 2.75) is 12.8 Å². The van der Waals surface area contributed by atoms with Crippen molar-refractivity contribution < 1.29 is 4.79 Å². The third kappa shape index (κ3) is 2.46. The van der Waals surface area contributed by atoms with E-state index < -0.39 is 0 Å². The third-order valence-corrected chi connectivity index (χ3v) is 2.45. The first-order valence-electron chi connectivity index (χ1n) is 5.39. The van der Waals surface area contributed by atoms with E-state index in [1.807, 2.05) is 24.3 Å². The van der Waals surface area contributed by atoms with Crippen LogP contribution in [-0.2, 0) is 11.2 Å². The summed E-state index contributed by atoms with van der Waals surface area (Å²) in [6, 6.07) is 7.88. The lowest BCUT2D eigenvalue weighted by Gasteiger charge is -1.97. The quantitative estimate of drug-likeness (QED) is 0.793. The van der Waals surface area contributed by atoms with Gasteiger partial charge in [-0.3, -0.25) is 4.79 Å². The summed E-state index contributed by atoms with van der Waals surface area (Å²) in [5, 5.41) is 2.85. The van der Waals surface area contributed by atoms with Gasteiger partial charge in [0.2, 0.25) is 0 Å². The zero-order valence-corrected chi connectivity index (χ0v) is 9.29. The fraction of sp³-hybridized carbons (Fsp3) is 0.333. The molecule has 0 unspecified atom stereocenters. The van der Waals surface area contributed by atoms with Gasteiger partial charge >= 0.3 is 0 Å². The first-order chi connectivity index (χ1) is 7.79. The molecule has 4 nitrogen and oxygen atoms in total. The molecule has 0 saturated carbocycles. The number of aromatic amines is 1. The highest BCUT2D eigenvalue weighted by Gasteiger charge is 2.05. The molecule has 1 aromatic heterocycles. The predicted molar refractivity (Wildman–Crippen MR) is 63.3 cm³/mol. The SMILES string of the molecule is CNCC(=O)CCc1nc2ccccc2[nH]1. The first-order valence-corrected chi connectivity index (χ1v) is 5.39.